The zero-order chi connectivity index (χ0) is 20.0. The highest BCUT2D eigenvalue weighted by Crippen LogP contribution is 2.28. The van der Waals surface area contributed by atoms with Crippen molar-refractivity contribution >= 4 is 17.0 Å². The summed E-state index contributed by atoms with van der Waals surface area (Å²) in [6.45, 7) is 4.27. The number of rotatable bonds is 5. The molecular formula is C20H23FN8. The van der Waals surface area contributed by atoms with Crippen molar-refractivity contribution in [3.8, 4) is 11.3 Å². The minimum absolute atomic E-state index is 0.0294. The van der Waals surface area contributed by atoms with Gasteiger partial charge in [-0.25, -0.2) is 23.4 Å². The summed E-state index contributed by atoms with van der Waals surface area (Å²) in [6.07, 6.45) is 5.91. The van der Waals surface area contributed by atoms with E-state index in [2.05, 4.69) is 32.0 Å². The topological polar surface area (TPSA) is 89.6 Å². The van der Waals surface area contributed by atoms with Gasteiger partial charge in [0.25, 0.3) is 0 Å². The lowest BCUT2D eigenvalue weighted by Crippen LogP contribution is -2.20. The van der Waals surface area contributed by atoms with Crippen LogP contribution in [-0.4, -0.2) is 59.9 Å². The third kappa shape index (κ3) is 3.21. The van der Waals surface area contributed by atoms with Crippen molar-refractivity contribution in [2.75, 3.05) is 25.4 Å². The van der Waals surface area contributed by atoms with Gasteiger partial charge in [0.15, 0.2) is 17.3 Å². The minimum atomic E-state index is -0.779. The summed E-state index contributed by atoms with van der Waals surface area (Å²) in [5.74, 6) is 1.07. The number of imidazole rings is 1. The van der Waals surface area contributed by atoms with E-state index in [1.54, 1.807) is 21.4 Å². The van der Waals surface area contributed by atoms with Crippen molar-refractivity contribution < 1.29 is 4.39 Å². The van der Waals surface area contributed by atoms with Crippen molar-refractivity contribution in [2.24, 2.45) is 5.92 Å². The van der Waals surface area contributed by atoms with Crippen molar-refractivity contribution in [1.29, 1.82) is 0 Å². The highest BCUT2D eigenvalue weighted by Gasteiger charge is 2.31. The Morgan fingerprint density at radius 3 is 2.86 bits per heavy atom. The summed E-state index contributed by atoms with van der Waals surface area (Å²) in [5.41, 5.74) is 9.42. The van der Waals surface area contributed by atoms with Gasteiger partial charge in [-0.15, -0.1) is 0 Å². The lowest BCUT2D eigenvalue weighted by molar-refractivity contribution is 0.266. The molecule has 1 aliphatic heterocycles. The SMILES string of the molecule is CCN1C[C@@H](CCc2nc(N)c3c(-c4ccc5nccn5n4)ccn3n2)[C@@H](F)C1. The number of nitrogen functional groups attached to an aromatic ring is 1. The lowest BCUT2D eigenvalue weighted by atomic mass is 10.0. The van der Waals surface area contributed by atoms with E-state index < -0.39 is 6.17 Å². The Kier molecular flexibility index (Phi) is 4.39. The quantitative estimate of drug-likeness (QED) is 0.558. The molecule has 8 nitrogen and oxygen atoms in total. The molecule has 150 valence electrons. The molecule has 0 aliphatic carbocycles. The van der Waals surface area contributed by atoms with Crippen LogP contribution in [0.3, 0.4) is 0 Å². The number of aryl methyl sites for hydroxylation is 1. The zero-order valence-electron chi connectivity index (χ0n) is 16.2. The average molecular weight is 394 g/mol. The Hall–Kier alpha value is -3.07. The van der Waals surface area contributed by atoms with Crippen molar-refractivity contribution in [1.82, 2.24) is 34.1 Å². The number of alkyl halides is 1. The minimum Gasteiger partial charge on any atom is -0.382 e. The van der Waals surface area contributed by atoms with E-state index in [0.717, 1.165) is 41.9 Å². The Morgan fingerprint density at radius 2 is 2.03 bits per heavy atom. The van der Waals surface area contributed by atoms with Crippen LogP contribution in [0.15, 0.2) is 36.8 Å². The van der Waals surface area contributed by atoms with E-state index in [1.807, 2.05) is 24.4 Å². The van der Waals surface area contributed by atoms with Gasteiger partial charge in [-0.2, -0.15) is 10.2 Å². The summed E-state index contributed by atoms with van der Waals surface area (Å²) in [6, 6.07) is 5.75. The zero-order valence-corrected chi connectivity index (χ0v) is 16.2. The molecule has 2 N–H and O–H groups in total. The molecule has 0 saturated carbocycles. The number of halogens is 1. The molecule has 4 aromatic rings. The van der Waals surface area contributed by atoms with E-state index in [0.29, 0.717) is 24.6 Å². The van der Waals surface area contributed by atoms with Gasteiger partial charge >= 0.3 is 0 Å². The first-order valence-electron chi connectivity index (χ1n) is 9.93. The van der Waals surface area contributed by atoms with Gasteiger partial charge in [0.05, 0.1) is 5.69 Å². The maximum Gasteiger partial charge on any atom is 0.153 e. The van der Waals surface area contributed by atoms with Crippen LogP contribution in [0.25, 0.3) is 22.4 Å². The highest BCUT2D eigenvalue weighted by atomic mass is 19.1. The number of hydrogen-bond donors (Lipinski definition) is 1. The molecule has 29 heavy (non-hydrogen) atoms. The van der Waals surface area contributed by atoms with E-state index in [1.165, 1.54) is 0 Å². The smallest absolute Gasteiger partial charge is 0.153 e. The van der Waals surface area contributed by atoms with Crippen LogP contribution >= 0.6 is 0 Å². The number of aromatic nitrogens is 6. The molecule has 0 bridgehead atoms. The second-order valence-corrected chi connectivity index (χ2v) is 7.55. The van der Waals surface area contributed by atoms with Gasteiger partial charge in [-0.3, -0.25) is 0 Å². The molecule has 0 radical (unpaired) electrons. The number of likely N-dealkylation sites (tertiary alicyclic amines) is 1. The summed E-state index contributed by atoms with van der Waals surface area (Å²) < 4.78 is 17.7. The predicted molar refractivity (Wildman–Crippen MR) is 108 cm³/mol. The molecule has 1 aliphatic rings. The molecule has 5 rings (SSSR count). The summed E-state index contributed by atoms with van der Waals surface area (Å²) in [5, 5.41) is 9.19. The van der Waals surface area contributed by atoms with Crippen LogP contribution < -0.4 is 5.73 Å². The number of nitrogens with zero attached hydrogens (tertiary/aromatic N) is 7. The number of hydrogen-bond acceptors (Lipinski definition) is 6. The van der Waals surface area contributed by atoms with Gasteiger partial charge in [0.2, 0.25) is 0 Å². The molecule has 9 heteroatoms. The van der Waals surface area contributed by atoms with Crippen LogP contribution in [-0.2, 0) is 6.42 Å². The van der Waals surface area contributed by atoms with Gasteiger partial charge in [-0.1, -0.05) is 6.92 Å². The van der Waals surface area contributed by atoms with Crippen LogP contribution in [0, 0.1) is 5.92 Å². The van der Waals surface area contributed by atoms with Gasteiger partial charge in [0.1, 0.15) is 11.7 Å². The Balaban J connectivity index is 1.41. The molecule has 1 saturated heterocycles. The normalized spacial score (nSPS) is 20.2. The first kappa shape index (κ1) is 18.0. The van der Waals surface area contributed by atoms with E-state index >= 15 is 0 Å². The maximum absolute atomic E-state index is 14.2. The first-order valence-corrected chi connectivity index (χ1v) is 9.93. The van der Waals surface area contributed by atoms with Crippen LogP contribution in [0.2, 0.25) is 0 Å². The number of fused-ring (bicyclic) bond motifs is 2. The fourth-order valence-corrected chi connectivity index (χ4v) is 4.13. The molecule has 2 atom stereocenters. The standard InChI is InChI=1S/C20H23FN8/c1-2-27-11-13(15(21)12-27)3-5-17-24-20(22)19-14(7-9-29(19)26-17)16-4-6-18-23-8-10-28(18)25-16/h4,6-10,13,15H,2-3,5,11-12H2,1H3,(H2,22,24,26)/t13-,15+/m1/s1. The monoisotopic (exact) mass is 394 g/mol. The average Bonchev–Trinajstić information content (AvgIpc) is 3.43. The largest absolute Gasteiger partial charge is 0.382 e. The lowest BCUT2D eigenvalue weighted by Gasteiger charge is -2.12. The van der Waals surface area contributed by atoms with Crippen LogP contribution in [0.5, 0.6) is 0 Å². The maximum atomic E-state index is 14.2. The third-order valence-corrected chi connectivity index (χ3v) is 5.74. The second kappa shape index (κ2) is 7.07. The van der Waals surface area contributed by atoms with E-state index in [9.17, 15) is 4.39 Å². The molecule has 5 heterocycles. The summed E-state index contributed by atoms with van der Waals surface area (Å²) >= 11 is 0. The fraction of sp³-hybridized carbons (Fsp3) is 0.400. The van der Waals surface area contributed by atoms with Crippen molar-refractivity contribution in [3.05, 3.63) is 42.6 Å². The number of nitrogens with two attached hydrogens (primary N) is 1. The summed E-state index contributed by atoms with van der Waals surface area (Å²) in [7, 11) is 0. The predicted octanol–water partition coefficient (Wildman–Crippen LogP) is 2.24. The van der Waals surface area contributed by atoms with Gasteiger partial charge in [-0.05, 0) is 31.2 Å². The molecule has 0 spiro atoms. The number of anilines is 1. The van der Waals surface area contributed by atoms with Gasteiger partial charge < -0.3 is 10.6 Å². The fourth-order valence-electron chi connectivity index (χ4n) is 4.13. The Bertz CT molecular complexity index is 1170. The second-order valence-electron chi connectivity index (χ2n) is 7.55. The van der Waals surface area contributed by atoms with Crippen molar-refractivity contribution in [2.45, 2.75) is 25.9 Å². The third-order valence-electron chi connectivity index (χ3n) is 5.74. The first-order chi connectivity index (χ1) is 14.1. The summed E-state index contributed by atoms with van der Waals surface area (Å²) in [4.78, 5) is 10.9. The van der Waals surface area contributed by atoms with Gasteiger partial charge in [0, 0.05) is 49.6 Å². The molecule has 1 fully saturated rings. The molecule has 0 aromatic carbocycles. The molecule has 0 amide bonds. The highest BCUT2D eigenvalue weighted by molar-refractivity contribution is 5.86. The van der Waals surface area contributed by atoms with E-state index in [-0.39, 0.29) is 5.92 Å². The molecule has 0 unspecified atom stereocenters. The van der Waals surface area contributed by atoms with E-state index in [4.69, 9.17) is 5.73 Å². The van der Waals surface area contributed by atoms with Crippen LogP contribution in [0.4, 0.5) is 10.2 Å². The Labute approximate surface area is 167 Å². The molecular weight excluding hydrogens is 371 g/mol. The van der Waals surface area contributed by atoms with Crippen LogP contribution in [0.1, 0.15) is 19.2 Å². The Morgan fingerprint density at radius 1 is 1.14 bits per heavy atom. The molecule has 4 aromatic heterocycles. The van der Waals surface area contributed by atoms with Crippen molar-refractivity contribution in [3.63, 3.8) is 0 Å².